The number of imidazole rings is 1. The van der Waals surface area contributed by atoms with Crippen LogP contribution in [-0.2, 0) is 19.9 Å². The van der Waals surface area contributed by atoms with Gasteiger partial charge in [-0.2, -0.15) is 4.39 Å². The van der Waals surface area contributed by atoms with Gasteiger partial charge in [0.1, 0.15) is 22.1 Å². The topological polar surface area (TPSA) is 120 Å². The molecule has 0 aliphatic carbocycles. The Labute approximate surface area is 186 Å². The van der Waals surface area contributed by atoms with Crippen LogP contribution < -0.4 is 9.46 Å². The molecule has 0 radical (unpaired) electrons. The molecule has 3 rings (SSSR count). The number of rotatable bonds is 7. The van der Waals surface area contributed by atoms with Gasteiger partial charge in [0.15, 0.2) is 9.84 Å². The first-order chi connectivity index (χ1) is 14.8. The number of methoxy groups -OCH3 is 1. The van der Waals surface area contributed by atoms with Crippen LogP contribution in [0.4, 0.5) is 10.2 Å². The van der Waals surface area contributed by atoms with E-state index >= 15 is 0 Å². The van der Waals surface area contributed by atoms with Crippen molar-refractivity contribution in [1.29, 1.82) is 0 Å². The maximum atomic E-state index is 14.2. The van der Waals surface area contributed by atoms with Crippen LogP contribution >= 0.6 is 0 Å². The lowest BCUT2D eigenvalue weighted by molar-refractivity contribution is 0.401. The van der Waals surface area contributed by atoms with Gasteiger partial charge in [0.2, 0.25) is 16.0 Å². The Bertz CT molecular complexity index is 1380. The summed E-state index contributed by atoms with van der Waals surface area (Å²) < 4.78 is 72.5. The molecule has 12 heteroatoms. The fourth-order valence-corrected chi connectivity index (χ4v) is 5.44. The Kier molecular flexibility index (Phi) is 6.22. The third-order valence-electron chi connectivity index (χ3n) is 4.71. The summed E-state index contributed by atoms with van der Waals surface area (Å²) in [5, 5.41) is 0. The number of hydrogen-bond donors (Lipinski definition) is 1. The number of sulfonamides is 1. The van der Waals surface area contributed by atoms with Crippen molar-refractivity contribution in [2.75, 3.05) is 17.6 Å². The van der Waals surface area contributed by atoms with Crippen molar-refractivity contribution in [3.8, 4) is 17.0 Å². The second-order valence-electron chi connectivity index (χ2n) is 8.18. The molecule has 1 N–H and O–H groups in total. The molecular formula is C20H25FN4O5S2. The van der Waals surface area contributed by atoms with E-state index in [0.29, 0.717) is 17.8 Å². The molecule has 0 atom stereocenters. The summed E-state index contributed by atoms with van der Waals surface area (Å²) >= 11 is 0. The van der Waals surface area contributed by atoms with Crippen LogP contribution in [0.25, 0.3) is 16.9 Å². The highest BCUT2D eigenvalue weighted by Gasteiger charge is 2.34. The number of hydrogen-bond acceptors (Lipinski definition) is 7. The molecule has 0 aliphatic heterocycles. The van der Waals surface area contributed by atoms with Gasteiger partial charge in [0, 0.05) is 23.9 Å². The summed E-state index contributed by atoms with van der Waals surface area (Å²) in [6.45, 7) is 6.44. The smallest absolute Gasteiger partial charge is 0.233 e. The monoisotopic (exact) mass is 484 g/mol. The molecule has 174 valence electrons. The largest absolute Gasteiger partial charge is 0.495 e. The first-order valence-corrected chi connectivity index (χ1v) is 12.9. The van der Waals surface area contributed by atoms with Crippen LogP contribution in [0.3, 0.4) is 0 Å². The van der Waals surface area contributed by atoms with Crippen LogP contribution in [-0.4, -0.2) is 48.8 Å². The number of aromatic nitrogens is 3. The maximum Gasteiger partial charge on any atom is 0.233 e. The van der Waals surface area contributed by atoms with Gasteiger partial charge >= 0.3 is 0 Å². The highest BCUT2D eigenvalue weighted by molar-refractivity contribution is 7.93. The normalized spacial score (nSPS) is 12.8. The van der Waals surface area contributed by atoms with Crippen LogP contribution in [0.2, 0.25) is 0 Å². The molecule has 0 spiro atoms. The highest BCUT2D eigenvalue weighted by Crippen LogP contribution is 2.34. The Morgan fingerprint density at radius 3 is 2.44 bits per heavy atom. The second kappa shape index (κ2) is 8.32. The first-order valence-electron chi connectivity index (χ1n) is 9.77. The average Bonchev–Trinajstić information content (AvgIpc) is 3.08. The van der Waals surface area contributed by atoms with Gasteiger partial charge in [0.05, 0.1) is 29.5 Å². The Balaban J connectivity index is 2.20. The van der Waals surface area contributed by atoms with E-state index in [-0.39, 0.29) is 27.8 Å². The molecule has 0 aliphatic rings. The lowest BCUT2D eigenvalue weighted by atomic mass is 10.2. The van der Waals surface area contributed by atoms with Crippen LogP contribution in [0, 0.1) is 5.95 Å². The van der Waals surface area contributed by atoms with Gasteiger partial charge in [0.25, 0.3) is 0 Å². The number of sulfone groups is 1. The average molecular weight is 485 g/mol. The van der Waals surface area contributed by atoms with E-state index in [1.165, 1.54) is 36.0 Å². The highest BCUT2D eigenvalue weighted by atomic mass is 32.2. The summed E-state index contributed by atoms with van der Waals surface area (Å²) in [6, 6.07) is 3.95. The molecule has 32 heavy (non-hydrogen) atoms. The Morgan fingerprint density at radius 2 is 1.84 bits per heavy atom. The molecule has 0 saturated heterocycles. The SMILES string of the molecule is CCCS(=O)(=O)Nc1cc(-c2cnc3cc(OC)c(S(=O)(=O)C(C)(C)C)cn23)cc(F)n1. The van der Waals surface area contributed by atoms with Crippen molar-refractivity contribution in [2.24, 2.45) is 0 Å². The van der Waals surface area contributed by atoms with Crippen molar-refractivity contribution < 1.29 is 26.0 Å². The summed E-state index contributed by atoms with van der Waals surface area (Å²) in [6.07, 6.45) is 3.19. The molecule has 0 fully saturated rings. The van der Waals surface area contributed by atoms with E-state index in [1.54, 1.807) is 27.7 Å². The summed E-state index contributed by atoms with van der Waals surface area (Å²) in [5.41, 5.74) is 0.990. The zero-order chi connectivity index (χ0) is 23.9. The van der Waals surface area contributed by atoms with Crippen molar-refractivity contribution in [1.82, 2.24) is 14.4 Å². The number of fused-ring (bicyclic) bond motifs is 1. The number of ether oxygens (including phenoxy) is 1. The van der Waals surface area contributed by atoms with Crippen LogP contribution in [0.15, 0.2) is 35.5 Å². The summed E-state index contributed by atoms with van der Waals surface area (Å²) in [4.78, 5) is 7.82. The van der Waals surface area contributed by atoms with E-state index in [1.807, 2.05) is 0 Å². The quantitative estimate of drug-likeness (QED) is 0.511. The van der Waals surface area contributed by atoms with Crippen LogP contribution in [0.5, 0.6) is 5.75 Å². The predicted octanol–water partition coefficient (Wildman–Crippen LogP) is 3.27. The van der Waals surface area contributed by atoms with Gasteiger partial charge < -0.3 is 4.74 Å². The molecule has 0 saturated carbocycles. The number of halogens is 1. The first kappa shape index (κ1) is 23.9. The Hall–Kier alpha value is -2.73. The number of anilines is 1. The molecule has 3 aromatic rings. The fraction of sp³-hybridized carbons (Fsp3) is 0.400. The maximum absolute atomic E-state index is 14.2. The molecule has 3 aromatic heterocycles. The third-order valence-corrected chi connectivity index (χ3v) is 8.68. The van der Waals surface area contributed by atoms with E-state index in [2.05, 4.69) is 14.7 Å². The van der Waals surface area contributed by atoms with Crippen molar-refractivity contribution in [3.63, 3.8) is 0 Å². The zero-order valence-corrected chi connectivity index (χ0v) is 20.0. The number of nitrogens with zero attached hydrogens (tertiary/aromatic N) is 3. The molecule has 0 aromatic carbocycles. The summed E-state index contributed by atoms with van der Waals surface area (Å²) in [5.74, 6) is -1.08. The standard InChI is InChI=1S/C20H25FN4O5S2/c1-6-7-31(26,27)24-18-9-13(8-17(21)23-18)14-11-22-19-10-15(30-5)16(12-25(14)19)32(28,29)20(2,3)4/h8-12H,6-7H2,1-5H3,(H,23,24). The van der Waals surface area contributed by atoms with Gasteiger partial charge in [-0.3, -0.25) is 9.12 Å². The van der Waals surface area contributed by atoms with E-state index in [4.69, 9.17) is 4.74 Å². The van der Waals surface area contributed by atoms with Crippen molar-refractivity contribution in [2.45, 2.75) is 43.8 Å². The fourth-order valence-electron chi connectivity index (χ4n) is 3.07. The van der Waals surface area contributed by atoms with Gasteiger partial charge in [-0.25, -0.2) is 26.8 Å². The lowest BCUT2D eigenvalue weighted by Crippen LogP contribution is -2.28. The van der Waals surface area contributed by atoms with E-state index in [0.717, 1.165) is 6.07 Å². The predicted molar refractivity (Wildman–Crippen MR) is 120 cm³/mol. The number of pyridine rings is 2. The molecule has 9 nitrogen and oxygen atoms in total. The molecule has 0 amide bonds. The van der Waals surface area contributed by atoms with Gasteiger partial charge in [-0.05, 0) is 33.3 Å². The zero-order valence-electron chi connectivity index (χ0n) is 18.4. The van der Waals surface area contributed by atoms with Crippen molar-refractivity contribution in [3.05, 3.63) is 36.5 Å². The van der Waals surface area contributed by atoms with E-state index in [9.17, 15) is 21.2 Å². The van der Waals surface area contributed by atoms with Gasteiger partial charge in [-0.1, -0.05) is 6.92 Å². The van der Waals surface area contributed by atoms with Crippen LogP contribution in [0.1, 0.15) is 34.1 Å². The summed E-state index contributed by atoms with van der Waals surface area (Å²) in [7, 11) is -6.10. The molecule has 0 bridgehead atoms. The third kappa shape index (κ3) is 4.56. The second-order valence-corrected chi connectivity index (χ2v) is 12.7. The molecule has 3 heterocycles. The van der Waals surface area contributed by atoms with Crippen molar-refractivity contribution >= 4 is 31.3 Å². The van der Waals surface area contributed by atoms with E-state index < -0.39 is 30.6 Å². The minimum atomic E-state index is -3.79. The minimum Gasteiger partial charge on any atom is -0.495 e. The Morgan fingerprint density at radius 1 is 1.16 bits per heavy atom. The molecule has 0 unspecified atom stereocenters. The molecular weight excluding hydrogens is 459 g/mol. The minimum absolute atomic E-state index is 0.0438. The lowest BCUT2D eigenvalue weighted by Gasteiger charge is -2.21. The number of nitrogens with one attached hydrogen (secondary N) is 1. The van der Waals surface area contributed by atoms with Gasteiger partial charge in [-0.15, -0.1) is 0 Å².